The van der Waals surface area contributed by atoms with Gasteiger partial charge < -0.3 is 14.2 Å². The van der Waals surface area contributed by atoms with E-state index < -0.39 is 35.2 Å². The molecule has 4 atom stereocenters. The van der Waals surface area contributed by atoms with Crippen molar-refractivity contribution in [3.8, 4) is 0 Å². The summed E-state index contributed by atoms with van der Waals surface area (Å²) in [5.74, 6) is -3.01. The Kier molecular flexibility index (Phi) is 3.43. The Bertz CT molecular complexity index is 641. The summed E-state index contributed by atoms with van der Waals surface area (Å²) in [4.78, 5) is 12.3. The van der Waals surface area contributed by atoms with E-state index >= 15 is 0 Å². The van der Waals surface area contributed by atoms with Gasteiger partial charge in [-0.15, -0.1) is 0 Å². The van der Waals surface area contributed by atoms with E-state index in [1.165, 1.54) is 13.2 Å². The van der Waals surface area contributed by atoms with E-state index in [1.54, 1.807) is 0 Å². The number of ether oxygens (including phenoxy) is 3. The number of esters is 1. The molecule has 4 nitrogen and oxygen atoms in total. The van der Waals surface area contributed by atoms with Crippen LogP contribution < -0.4 is 0 Å². The molecule has 2 aliphatic carbocycles. The fourth-order valence-electron chi connectivity index (χ4n) is 4.40. The SMILES string of the molecule is COC(=O)C1CC2(OCCO2)[C@H]2C[C@H]2C1c1cc(F)ccc1F. The van der Waals surface area contributed by atoms with Gasteiger partial charge in [-0.1, -0.05) is 0 Å². The van der Waals surface area contributed by atoms with E-state index in [1.807, 2.05) is 0 Å². The lowest BCUT2D eigenvalue weighted by Gasteiger charge is -2.39. The van der Waals surface area contributed by atoms with E-state index in [4.69, 9.17) is 14.2 Å². The van der Waals surface area contributed by atoms with Crippen LogP contribution >= 0.6 is 0 Å². The van der Waals surface area contributed by atoms with E-state index in [-0.39, 0.29) is 17.4 Å². The summed E-state index contributed by atoms with van der Waals surface area (Å²) >= 11 is 0. The molecular formula is C17H18F2O4. The monoisotopic (exact) mass is 324 g/mol. The number of fused-ring (bicyclic) bond motifs is 2. The molecule has 2 unspecified atom stereocenters. The van der Waals surface area contributed by atoms with Crippen molar-refractivity contribution in [1.82, 2.24) is 0 Å². The number of hydrogen-bond acceptors (Lipinski definition) is 4. The van der Waals surface area contributed by atoms with Gasteiger partial charge in [0.05, 0.1) is 26.2 Å². The lowest BCUT2D eigenvalue weighted by molar-refractivity contribution is -0.206. The minimum Gasteiger partial charge on any atom is -0.469 e. The number of rotatable bonds is 2. The fraction of sp³-hybridized carbons (Fsp3) is 0.588. The van der Waals surface area contributed by atoms with Crippen LogP contribution in [0.1, 0.15) is 24.3 Å². The summed E-state index contributed by atoms with van der Waals surface area (Å²) in [6, 6.07) is 3.40. The van der Waals surface area contributed by atoms with Gasteiger partial charge in [-0.05, 0) is 36.1 Å². The molecule has 124 valence electrons. The van der Waals surface area contributed by atoms with Crippen molar-refractivity contribution in [2.24, 2.45) is 17.8 Å². The van der Waals surface area contributed by atoms with Gasteiger partial charge >= 0.3 is 5.97 Å². The van der Waals surface area contributed by atoms with Gasteiger partial charge in [0.15, 0.2) is 5.79 Å². The second-order valence-corrected chi connectivity index (χ2v) is 6.54. The third-order valence-corrected chi connectivity index (χ3v) is 5.40. The topological polar surface area (TPSA) is 44.8 Å². The molecule has 0 amide bonds. The average Bonchev–Trinajstić information content (AvgIpc) is 3.23. The minimum atomic E-state index is -0.760. The van der Waals surface area contributed by atoms with Gasteiger partial charge in [0.2, 0.25) is 0 Å². The predicted molar refractivity (Wildman–Crippen MR) is 75.5 cm³/mol. The van der Waals surface area contributed by atoms with Gasteiger partial charge in [-0.3, -0.25) is 4.79 Å². The van der Waals surface area contributed by atoms with E-state index in [9.17, 15) is 13.6 Å². The second kappa shape index (κ2) is 5.24. The van der Waals surface area contributed by atoms with Crippen LogP contribution in [0.2, 0.25) is 0 Å². The van der Waals surface area contributed by atoms with Gasteiger partial charge in [0, 0.05) is 18.3 Å². The molecule has 23 heavy (non-hydrogen) atoms. The van der Waals surface area contributed by atoms with Gasteiger partial charge in [-0.25, -0.2) is 8.78 Å². The van der Waals surface area contributed by atoms with Gasteiger partial charge in [0.1, 0.15) is 11.6 Å². The molecule has 1 aromatic carbocycles. The summed E-state index contributed by atoms with van der Waals surface area (Å²) in [5, 5.41) is 0. The largest absolute Gasteiger partial charge is 0.469 e. The Balaban J connectivity index is 1.74. The first-order valence-electron chi connectivity index (χ1n) is 7.86. The predicted octanol–water partition coefficient (Wildman–Crippen LogP) is 2.62. The lowest BCUT2D eigenvalue weighted by Crippen LogP contribution is -2.45. The summed E-state index contributed by atoms with van der Waals surface area (Å²) < 4.78 is 44.4. The molecular weight excluding hydrogens is 306 g/mol. The standard InChI is InChI=1S/C17H18F2O4/c1-21-16(20)12-8-17(22-4-5-23-17)13-7-10(13)15(12)11-6-9(18)2-3-14(11)19/h2-3,6,10,12-13,15H,4-5,7-8H2,1H3/t10-,12?,13+,15?/m1/s1. The Morgan fingerprint density at radius 2 is 2.04 bits per heavy atom. The van der Waals surface area contributed by atoms with Crippen molar-refractivity contribution in [2.45, 2.75) is 24.5 Å². The summed E-state index contributed by atoms with van der Waals surface area (Å²) in [6.45, 7) is 0.992. The van der Waals surface area contributed by atoms with Crippen LogP contribution in [0.3, 0.4) is 0 Å². The van der Waals surface area contributed by atoms with Crippen LogP contribution in [0.4, 0.5) is 8.78 Å². The molecule has 1 aliphatic heterocycles. The molecule has 1 saturated heterocycles. The number of halogens is 2. The lowest BCUT2D eigenvalue weighted by atomic mass is 9.72. The number of carbonyl (C=O) groups is 1. The van der Waals surface area contributed by atoms with E-state index in [2.05, 4.69) is 0 Å². The molecule has 0 bridgehead atoms. The van der Waals surface area contributed by atoms with Crippen LogP contribution in [0, 0.1) is 29.4 Å². The molecule has 0 N–H and O–H groups in total. The maximum Gasteiger partial charge on any atom is 0.309 e. The van der Waals surface area contributed by atoms with Crippen LogP contribution in [-0.4, -0.2) is 32.1 Å². The van der Waals surface area contributed by atoms with Crippen LogP contribution in [0.15, 0.2) is 18.2 Å². The van der Waals surface area contributed by atoms with Crippen molar-refractivity contribution in [2.75, 3.05) is 20.3 Å². The molecule has 6 heteroatoms. The van der Waals surface area contributed by atoms with Gasteiger partial charge in [-0.2, -0.15) is 0 Å². The fourth-order valence-corrected chi connectivity index (χ4v) is 4.40. The van der Waals surface area contributed by atoms with E-state index in [0.717, 1.165) is 18.6 Å². The maximum absolute atomic E-state index is 14.3. The molecule has 0 radical (unpaired) electrons. The number of carbonyl (C=O) groups excluding carboxylic acids is 1. The molecule has 1 aromatic rings. The molecule has 2 saturated carbocycles. The zero-order chi connectivity index (χ0) is 16.2. The first-order valence-corrected chi connectivity index (χ1v) is 7.86. The minimum absolute atomic E-state index is 0.0437. The normalized spacial score (nSPS) is 34.2. The highest BCUT2D eigenvalue weighted by molar-refractivity contribution is 5.74. The third kappa shape index (κ3) is 2.27. The second-order valence-electron chi connectivity index (χ2n) is 6.54. The highest BCUT2D eigenvalue weighted by Crippen LogP contribution is 2.65. The van der Waals surface area contributed by atoms with Crippen molar-refractivity contribution in [3.63, 3.8) is 0 Å². The van der Waals surface area contributed by atoms with Crippen molar-refractivity contribution in [3.05, 3.63) is 35.4 Å². The zero-order valence-electron chi connectivity index (χ0n) is 12.8. The Labute approximate surface area is 132 Å². The van der Waals surface area contributed by atoms with Crippen LogP contribution in [0.5, 0.6) is 0 Å². The Hall–Kier alpha value is -1.53. The van der Waals surface area contributed by atoms with Crippen molar-refractivity contribution >= 4 is 5.97 Å². The molecule has 0 aromatic heterocycles. The summed E-state index contributed by atoms with van der Waals surface area (Å²) in [7, 11) is 1.31. The molecule has 3 aliphatic rings. The molecule has 1 spiro atoms. The number of benzene rings is 1. The summed E-state index contributed by atoms with van der Waals surface area (Å²) in [5.41, 5.74) is 0.251. The highest BCUT2D eigenvalue weighted by Gasteiger charge is 2.66. The van der Waals surface area contributed by atoms with E-state index in [0.29, 0.717) is 19.6 Å². The zero-order valence-corrected chi connectivity index (χ0v) is 12.8. The maximum atomic E-state index is 14.3. The summed E-state index contributed by atoms with van der Waals surface area (Å²) in [6.07, 6.45) is 1.11. The quantitative estimate of drug-likeness (QED) is 0.785. The van der Waals surface area contributed by atoms with Crippen molar-refractivity contribution < 1.29 is 27.8 Å². The van der Waals surface area contributed by atoms with Gasteiger partial charge in [0.25, 0.3) is 0 Å². The first-order chi connectivity index (χ1) is 11.1. The molecule has 4 rings (SSSR count). The first kappa shape index (κ1) is 15.0. The third-order valence-electron chi connectivity index (χ3n) is 5.40. The average molecular weight is 324 g/mol. The van der Waals surface area contributed by atoms with Crippen molar-refractivity contribution in [1.29, 1.82) is 0 Å². The smallest absolute Gasteiger partial charge is 0.309 e. The number of methoxy groups -OCH3 is 1. The molecule has 1 heterocycles. The Morgan fingerprint density at radius 3 is 2.74 bits per heavy atom. The number of hydrogen-bond donors (Lipinski definition) is 0. The Morgan fingerprint density at radius 1 is 1.30 bits per heavy atom. The molecule has 3 fully saturated rings. The highest BCUT2D eigenvalue weighted by atomic mass is 19.1. The van der Waals surface area contributed by atoms with Crippen LogP contribution in [-0.2, 0) is 19.0 Å². The van der Waals surface area contributed by atoms with Crippen LogP contribution in [0.25, 0.3) is 0 Å².